The highest BCUT2D eigenvalue weighted by Gasteiger charge is 2.20. The standard InChI is InChI=1S/C15H17ClFN3/c1-10-12(7-18-13-3-4-13)9-20(19-10)8-11-2-5-15(17)14(16)6-11/h2,5-6,9,13,18H,3-4,7-8H2,1H3. The van der Waals surface area contributed by atoms with Crippen LogP contribution >= 0.6 is 11.6 Å². The highest BCUT2D eigenvalue weighted by Crippen LogP contribution is 2.20. The predicted octanol–water partition coefficient (Wildman–Crippen LogP) is 3.28. The normalized spacial score (nSPS) is 14.8. The molecule has 0 unspecified atom stereocenters. The number of hydrogen-bond acceptors (Lipinski definition) is 2. The van der Waals surface area contributed by atoms with Gasteiger partial charge in [-0.2, -0.15) is 5.10 Å². The van der Waals surface area contributed by atoms with Crippen molar-refractivity contribution in [1.29, 1.82) is 0 Å². The smallest absolute Gasteiger partial charge is 0.141 e. The number of aryl methyl sites for hydroxylation is 1. The molecule has 1 aliphatic carbocycles. The Bertz CT molecular complexity index is 620. The van der Waals surface area contributed by atoms with Gasteiger partial charge in [0.15, 0.2) is 0 Å². The summed E-state index contributed by atoms with van der Waals surface area (Å²) in [5, 5.41) is 8.13. The first-order valence-corrected chi connectivity index (χ1v) is 7.20. The molecule has 0 saturated heterocycles. The van der Waals surface area contributed by atoms with Crippen LogP contribution in [0.5, 0.6) is 0 Å². The van der Waals surface area contributed by atoms with Crippen LogP contribution in [0.25, 0.3) is 0 Å². The first-order chi connectivity index (χ1) is 9.61. The maximum Gasteiger partial charge on any atom is 0.141 e. The quantitative estimate of drug-likeness (QED) is 0.917. The van der Waals surface area contributed by atoms with Crippen molar-refractivity contribution in [2.24, 2.45) is 0 Å². The predicted molar refractivity (Wildman–Crippen MR) is 77.3 cm³/mol. The molecule has 106 valence electrons. The Morgan fingerprint density at radius 2 is 2.25 bits per heavy atom. The minimum atomic E-state index is -0.388. The lowest BCUT2D eigenvalue weighted by atomic mass is 10.2. The van der Waals surface area contributed by atoms with E-state index >= 15 is 0 Å². The topological polar surface area (TPSA) is 29.9 Å². The van der Waals surface area contributed by atoms with Crippen LogP contribution in [-0.2, 0) is 13.1 Å². The van der Waals surface area contributed by atoms with Gasteiger partial charge in [-0.05, 0) is 37.5 Å². The summed E-state index contributed by atoms with van der Waals surface area (Å²) in [6.07, 6.45) is 4.60. The molecule has 20 heavy (non-hydrogen) atoms. The maximum atomic E-state index is 13.1. The summed E-state index contributed by atoms with van der Waals surface area (Å²) in [6.45, 7) is 3.48. The Hall–Kier alpha value is -1.39. The molecule has 1 saturated carbocycles. The van der Waals surface area contributed by atoms with Gasteiger partial charge in [-0.15, -0.1) is 0 Å². The van der Waals surface area contributed by atoms with Crippen molar-refractivity contribution in [3.63, 3.8) is 0 Å². The van der Waals surface area contributed by atoms with Crippen LogP contribution in [0.2, 0.25) is 5.02 Å². The molecule has 1 aliphatic rings. The molecule has 1 aromatic heterocycles. The molecular formula is C15H17ClFN3. The van der Waals surface area contributed by atoms with E-state index in [1.165, 1.54) is 24.5 Å². The summed E-state index contributed by atoms with van der Waals surface area (Å²) in [7, 11) is 0. The largest absolute Gasteiger partial charge is 0.310 e. The lowest BCUT2D eigenvalue weighted by molar-refractivity contribution is 0.624. The fourth-order valence-corrected chi connectivity index (χ4v) is 2.38. The highest BCUT2D eigenvalue weighted by molar-refractivity contribution is 6.30. The summed E-state index contributed by atoms with van der Waals surface area (Å²) >= 11 is 5.79. The van der Waals surface area contributed by atoms with Crippen molar-refractivity contribution in [2.75, 3.05) is 0 Å². The number of rotatable bonds is 5. The minimum absolute atomic E-state index is 0.155. The second-order valence-electron chi connectivity index (χ2n) is 5.34. The monoisotopic (exact) mass is 293 g/mol. The Morgan fingerprint density at radius 1 is 1.45 bits per heavy atom. The SMILES string of the molecule is Cc1nn(Cc2ccc(F)c(Cl)c2)cc1CNC1CC1. The van der Waals surface area contributed by atoms with E-state index in [-0.39, 0.29) is 10.8 Å². The fraction of sp³-hybridized carbons (Fsp3) is 0.400. The highest BCUT2D eigenvalue weighted by atomic mass is 35.5. The average molecular weight is 294 g/mol. The zero-order chi connectivity index (χ0) is 14.1. The zero-order valence-electron chi connectivity index (χ0n) is 11.4. The fourth-order valence-electron chi connectivity index (χ4n) is 2.18. The number of benzene rings is 1. The van der Waals surface area contributed by atoms with E-state index in [0.717, 1.165) is 17.8 Å². The molecule has 1 N–H and O–H groups in total. The van der Waals surface area contributed by atoms with Crippen molar-refractivity contribution in [3.8, 4) is 0 Å². The van der Waals surface area contributed by atoms with E-state index in [2.05, 4.69) is 10.4 Å². The van der Waals surface area contributed by atoms with Crippen LogP contribution in [0.1, 0.15) is 29.7 Å². The van der Waals surface area contributed by atoms with Crippen molar-refractivity contribution >= 4 is 11.6 Å². The average Bonchev–Trinajstić information content (AvgIpc) is 3.17. The van der Waals surface area contributed by atoms with Gasteiger partial charge in [0.2, 0.25) is 0 Å². The zero-order valence-corrected chi connectivity index (χ0v) is 12.1. The third kappa shape index (κ3) is 3.19. The molecule has 0 spiro atoms. The summed E-state index contributed by atoms with van der Waals surface area (Å²) < 4.78 is 15.0. The Labute approximate surface area is 122 Å². The van der Waals surface area contributed by atoms with Crippen LogP contribution in [-0.4, -0.2) is 15.8 Å². The lowest BCUT2D eigenvalue weighted by Crippen LogP contribution is -2.15. The van der Waals surface area contributed by atoms with E-state index < -0.39 is 0 Å². The van der Waals surface area contributed by atoms with E-state index in [4.69, 9.17) is 11.6 Å². The summed E-state index contributed by atoms with van der Waals surface area (Å²) in [5.41, 5.74) is 3.19. The number of nitrogens with zero attached hydrogens (tertiary/aromatic N) is 2. The number of halogens is 2. The first-order valence-electron chi connectivity index (χ1n) is 6.82. The Balaban J connectivity index is 1.69. The van der Waals surface area contributed by atoms with Crippen molar-refractivity contribution < 1.29 is 4.39 Å². The summed E-state index contributed by atoms with van der Waals surface area (Å²) in [6, 6.07) is 5.47. The molecule has 1 heterocycles. The number of nitrogens with one attached hydrogen (secondary N) is 1. The second kappa shape index (κ2) is 5.54. The lowest BCUT2D eigenvalue weighted by Gasteiger charge is -2.03. The van der Waals surface area contributed by atoms with Crippen LogP contribution in [0, 0.1) is 12.7 Å². The van der Waals surface area contributed by atoms with Crippen LogP contribution in [0.3, 0.4) is 0 Å². The van der Waals surface area contributed by atoms with Crippen molar-refractivity contribution in [1.82, 2.24) is 15.1 Å². The van der Waals surface area contributed by atoms with Gasteiger partial charge >= 0.3 is 0 Å². The molecule has 0 amide bonds. The molecule has 2 aromatic rings. The van der Waals surface area contributed by atoms with Crippen LogP contribution in [0.4, 0.5) is 4.39 Å². The van der Waals surface area contributed by atoms with Gasteiger partial charge in [0.1, 0.15) is 5.82 Å². The van der Waals surface area contributed by atoms with Gasteiger partial charge in [-0.25, -0.2) is 4.39 Å². The minimum Gasteiger partial charge on any atom is -0.310 e. The maximum absolute atomic E-state index is 13.1. The number of hydrogen-bond donors (Lipinski definition) is 1. The molecular weight excluding hydrogens is 277 g/mol. The van der Waals surface area contributed by atoms with Crippen LogP contribution < -0.4 is 5.32 Å². The van der Waals surface area contributed by atoms with Gasteiger partial charge in [-0.1, -0.05) is 17.7 Å². The Morgan fingerprint density at radius 3 is 2.95 bits per heavy atom. The molecule has 0 bridgehead atoms. The summed E-state index contributed by atoms with van der Waals surface area (Å²) in [5.74, 6) is -0.388. The molecule has 3 rings (SSSR count). The van der Waals surface area contributed by atoms with Gasteiger partial charge in [0, 0.05) is 24.3 Å². The third-order valence-corrected chi connectivity index (χ3v) is 3.82. The first kappa shape index (κ1) is 13.6. The molecule has 1 aromatic carbocycles. The number of aromatic nitrogens is 2. The van der Waals surface area contributed by atoms with Gasteiger partial charge in [0.25, 0.3) is 0 Å². The molecule has 1 fully saturated rings. The van der Waals surface area contributed by atoms with Crippen LogP contribution in [0.15, 0.2) is 24.4 Å². The van der Waals surface area contributed by atoms with Gasteiger partial charge < -0.3 is 5.32 Å². The third-order valence-electron chi connectivity index (χ3n) is 3.54. The van der Waals surface area contributed by atoms with E-state index in [9.17, 15) is 4.39 Å². The second-order valence-corrected chi connectivity index (χ2v) is 5.75. The van der Waals surface area contributed by atoms with E-state index in [1.54, 1.807) is 12.1 Å². The summed E-state index contributed by atoms with van der Waals surface area (Å²) in [4.78, 5) is 0. The molecule has 0 atom stereocenters. The van der Waals surface area contributed by atoms with Gasteiger partial charge in [-0.3, -0.25) is 4.68 Å². The Kier molecular flexibility index (Phi) is 3.76. The molecule has 5 heteroatoms. The van der Waals surface area contributed by atoms with E-state index in [1.807, 2.05) is 17.8 Å². The van der Waals surface area contributed by atoms with Crippen molar-refractivity contribution in [3.05, 3.63) is 52.1 Å². The molecule has 0 aliphatic heterocycles. The van der Waals surface area contributed by atoms with Crippen molar-refractivity contribution in [2.45, 2.75) is 38.9 Å². The molecule has 3 nitrogen and oxygen atoms in total. The van der Waals surface area contributed by atoms with E-state index in [0.29, 0.717) is 12.6 Å². The van der Waals surface area contributed by atoms with Gasteiger partial charge in [0.05, 0.1) is 17.3 Å². The molecule has 0 radical (unpaired) electrons.